The lowest BCUT2D eigenvalue weighted by atomic mass is 10.2. The van der Waals surface area contributed by atoms with Gasteiger partial charge >= 0.3 is 0 Å². The number of rotatable bonds is 8. The molecule has 6 amide bonds. The molecule has 0 radical (unpaired) electrons. The highest BCUT2D eigenvalue weighted by Crippen LogP contribution is 2.12. The molecular weight excluding hydrogens is 684 g/mol. The molecule has 1 aliphatic rings. The monoisotopic (exact) mass is 722 g/mol. The third-order valence-electron chi connectivity index (χ3n) is 7.87. The van der Waals surface area contributed by atoms with E-state index in [1.165, 1.54) is 31.6 Å². The average molecular weight is 723 g/mol. The van der Waals surface area contributed by atoms with Crippen LogP contribution in [-0.2, 0) is 41.9 Å². The number of anilines is 2. The summed E-state index contributed by atoms with van der Waals surface area (Å²) in [6, 6.07) is 0. The average Bonchev–Trinajstić information content (AvgIpc) is 3.67. The molecule has 4 aromatic heterocycles. The molecule has 0 atom stereocenters. The van der Waals surface area contributed by atoms with Gasteiger partial charge in [-0.1, -0.05) is 27.7 Å². The number of nitrogens with one attached hydrogen (secondary N) is 6. The van der Waals surface area contributed by atoms with Gasteiger partial charge in [0, 0.05) is 38.0 Å². The molecule has 5 heterocycles. The van der Waals surface area contributed by atoms with Crippen LogP contribution in [0.2, 0.25) is 0 Å². The smallest absolute Gasteiger partial charge is 0.280 e. The van der Waals surface area contributed by atoms with Crippen LogP contribution >= 0.6 is 0 Å². The van der Waals surface area contributed by atoms with Crippen LogP contribution in [0.5, 0.6) is 0 Å². The zero-order chi connectivity index (χ0) is 37.7. The Morgan fingerprint density at radius 1 is 0.673 bits per heavy atom. The van der Waals surface area contributed by atoms with E-state index in [2.05, 4.69) is 51.2 Å². The minimum atomic E-state index is -0.622. The standard InChI is InChI=1S/C30H38N14O8/c1-15(2)25(49)37-29-35-23-21(27(51)39-29)33-13-43(23)11-19(47)41-7-5-31-18(46)10-42(8-6-32-17(45)9-41)20(48)12-44-14-34-22-24(44)36-30(40-28(22)52)38-26(50)16(3)4/h13-16H,5-12H2,1-4H3,(H,31,46)(H,32,45)(H2,35,37,39,49,51)(H2,36,38,40,50,52). The first-order valence-corrected chi connectivity index (χ1v) is 16.3. The van der Waals surface area contributed by atoms with Crippen molar-refractivity contribution in [1.29, 1.82) is 0 Å². The number of hydrogen-bond acceptors (Lipinski definition) is 12. The SMILES string of the molecule is CC(C)C(=O)Nc1nc2c(ncn2CC(=O)N2CCNC(=O)CN(C(=O)Cn3cnc4c(=O)[nH]c(NC(=O)C(C)C)nc43)CCNC(=O)C2)c(=O)[nH]1. The largest absolute Gasteiger partial charge is 0.353 e. The fourth-order valence-electron chi connectivity index (χ4n) is 4.97. The molecule has 4 aromatic rings. The Hall–Kier alpha value is -6.48. The Kier molecular flexibility index (Phi) is 11.0. The molecule has 0 unspecified atom stereocenters. The molecule has 0 aromatic carbocycles. The van der Waals surface area contributed by atoms with Gasteiger partial charge in [-0.2, -0.15) is 9.97 Å². The maximum absolute atomic E-state index is 13.4. The first kappa shape index (κ1) is 36.8. The summed E-state index contributed by atoms with van der Waals surface area (Å²) < 4.78 is 2.62. The van der Waals surface area contributed by atoms with E-state index in [4.69, 9.17) is 0 Å². The van der Waals surface area contributed by atoms with Crippen molar-refractivity contribution >= 4 is 69.7 Å². The number of amides is 6. The lowest BCUT2D eigenvalue weighted by molar-refractivity contribution is -0.138. The van der Waals surface area contributed by atoms with Gasteiger partial charge in [-0.3, -0.25) is 59.0 Å². The van der Waals surface area contributed by atoms with E-state index in [1.54, 1.807) is 27.7 Å². The zero-order valence-electron chi connectivity index (χ0n) is 28.8. The number of hydrogen-bond donors (Lipinski definition) is 6. The van der Waals surface area contributed by atoms with Crippen molar-refractivity contribution in [3.8, 4) is 0 Å². The first-order chi connectivity index (χ1) is 24.7. The molecule has 22 heteroatoms. The highest BCUT2D eigenvalue weighted by molar-refractivity contribution is 5.92. The highest BCUT2D eigenvalue weighted by Gasteiger charge is 2.24. The molecule has 22 nitrogen and oxygen atoms in total. The van der Waals surface area contributed by atoms with Crippen molar-refractivity contribution in [3.63, 3.8) is 0 Å². The number of imidazole rings is 2. The van der Waals surface area contributed by atoms with Gasteiger partial charge in [-0.05, 0) is 0 Å². The summed E-state index contributed by atoms with van der Waals surface area (Å²) in [5, 5.41) is 10.3. The molecule has 5 rings (SSSR count). The maximum atomic E-state index is 13.4. The van der Waals surface area contributed by atoms with E-state index in [9.17, 15) is 38.4 Å². The van der Waals surface area contributed by atoms with Gasteiger partial charge < -0.3 is 29.6 Å². The molecule has 1 aliphatic heterocycles. The van der Waals surface area contributed by atoms with E-state index in [0.29, 0.717) is 0 Å². The van der Waals surface area contributed by atoms with Crippen molar-refractivity contribution in [2.75, 3.05) is 49.9 Å². The van der Waals surface area contributed by atoms with Gasteiger partial charge in [0.25, 0.3) is 11.1 Å². The van der Waals surface area contributed by atoms with Crippen LogP contribution in [0.1, 0.15) is 27.7 Å². The minimum Gasteiger partial charge on any atom is -0.353 e. The lowest BCUT2D eigenvalue weighted by Crippen LogP contribution is -2.50. The second-order valence-electron chi connectivity index (χ2n) is 12.5. The van der Waals surface area contributed by atoms with Crippen molar-refractivity contribution in [1.82, 2.24) is 59.5 Å². The number of H-pyrrole nitrogens is 2. The van der Waals surface area contributed by atoms with Gasteiger partial charge in [0.05, 0.1) is 25.7 Å². The Morgan fingerprint density at radius 3 is 1.42 bits per heavy atom. The normalized spacial score (nSPS) is 14.6. The van der Waals surface area contributed by atoms with Crippen LogP contribution in [0.15, 0.2) is 22.2 Å². The van der Waals surface area contributed by atoms with Crippen LogP contribution in [0.25, 0.3) is 22.3 Å². The molecule has 276 valence electrons. The minimum absolute atomic E-state index is 0.0395. The number of carbonyl (C=O) groups excluding carboxylic acids is 6. The first-order valence-electron chi connectivity index (χ1n) is 16.3. The molecule has 6 N–H and O–H groups in total. The van der Waals surface area contributed by atoms with E-state index >= 15 is 0 Å². The summed E-state index contributed by atoms with van der Waals surface area (Å²) >= 11 is 0. The summed E-state index contributed by atoms with van der Waals surface area (Å²) in [5.41, 5.74) is -1.28. The molecule has 0 bridgehead atoms. The van der Waals surface area contributed by atoms with E-state index in [1.807, 2.05) is 0 Å². The Balaban J connectivity index is 1.24. The number of nitrogens with zero attached hydrogens (tertiary/aromatic N) is 8. The van der Waals surface area contributed by atoms with E-state index < -0.39 is 34.7 Å². The van der Waals surface area contributed by atoms with Gasteiger partial charge in [0.2, 0.25) is 47.3 Å². The van der Waals surface area contributed by atoms with Gasteiger partial charge in [-0.15, -0.1) is 0 Å². The quantitative estimate of drug-likeness (QED) is 0.109. The van der Waals surface area contributed by atoms with Gasteiger partial charge in [-0.25, -0.2) is 9.97 Å². The van der Waals surface area contributed by atoms with Crippen LogP contribution in [0, 0.1) is 11.8 Å². The van der Waals surface area contributed by atoms with Crippen LogP contribution in [0.3, 0.4) is 0 Å². The molecule has 0 aliphatic carbocycles. The maximum Gasteiger partial charge on any atom is 0.280 e. The van der Waals surface area contributed by atoms with Crippen molar-refractivity contribution < 1.29 is 28.8 Å². The van der Waals surface area contributed by atoms with Crippen molar-refractivity contribution in [3.05, 3.63) is 33.4 Å². The predicted molar refractivity (Wildman–Crippen MR) is 182 cm³/mol. The third kappa shape index (κ3) is 8.62. The van der Waals surface area contributed by atoms with Gasteiger partial charge in [0.15, 0.2) is 22.3 Å². The molecule has 0 saturated carbocycles. The fraction of sp³-hybridized carbons (Fsp3) is 0.467. The van der Waals surface area contributed by atoms with Crippen LogP contribution in [-0.4, -0.2) is 124 Å². The van der Waals surface area contributed by atoms with Crippen molar-refractivity contribution in [2.45, 2.75) is 40.8 Å². The number of fused-ring (bicyclic) bond motifs is 2. The van der Waals surface area contributed by atoms with Gasteiger partial charge in [0.1, 0.15) is 13.1 Å². The fourth-order valence-corrected chi connectivity index (χ4v) is 4.97. The summed E-state index contributed by atoms with van der Waals surface area (Å²) in [6.45, 7) is 4.94. The summed E-state index contributed by atoms with van der Waals surface area (Å²) in [6.07, 6.45) is 2.49. The summed E-state index contributed by atoms with van der Waals surface area (Å²) in [4.78, 5) is 126. The lowest BCUT2D eigenvalue weighted by Gasteiger charge is -2.26. The molecule has 1 saturated heterocycles. The van der Waals surface area contributed by atoms with Crippen LogP contribution in [0.4, 0.5) is 11.9 Å². The Bertz CT molecular complexity index is 2010. The third-order valence-corrected chi connectivity index (χ3v) is 7.87. The topological polar surface area (TPSA) is 284 Å². The summed E-state index contributed by atoms with van der Waals surface area (Å²) in [5.74, 6) is -3.90. The van der Waals surface area contributed by atoms with E-state index in [0.717, 1.165) is 0 Å². The highest BCUT2D eigenvalue weighted by atomic mass is 16.2. The number of aromatic amines is 2. The Morgan fingerprint density at radius 2 is 1.06 bits per heavy atom. The second kappa shape index (κ2) is 15.6. The number of carbonyl (C=O) groups is 6. The molecular formula is C30H38N14O8. The number of aromatic nitrogens is 8. The zero-order valence-corrected chi connectivity index (χ0v) is 28.8. The summed E-state index contributed by atoms with van der Waals surface area (Å²) in [7, 11) is 0. The molecule has 0 spiro atoms. The van der Waals surface area contributed by atoms with E-state index in [-0.39, 0.29) is 110 Å². The van der Waals surface area contributed by atoms with Crippen molar-refractivity contribution in [2.24, 2.45) is 11.8 Å². The molecule has 52 heavy (non-hydrogen) atoms. The Labute approximate surface area is 293 Å². The van der Waals surface area contributed by atoms with Crippen LogP contribution < -0.4 is 32.4 Å². The molecule has 1 fully saturated rings. The predicted octanol–water partition coefficient (Wildman–Crippen LogP) is -2.65. The second-order valence-corrected chi connectivity index (χ2v) is 12.5.